The molecule has 10 heteroatoms. The number of hydrogen-bond donors (Lipinski definition) is 1. The van der Waals surface area contributed by atoms with E-state index in [4.69, 9.17) is 4.74 Å². The molecular formula is C20H25N3O5S2. The average Bonchev–Trinajstić information content (AvgIpc) is 3.20. The lowest BCUT2D eigenvalue weighted by Gasteiger charge is -2.31. The highest BCUT2D eigenvalue weighted by Crippen LogP contribution is 2.34. The number of hydrogen-bond acceptors (Lipinski definition) is 8. The van der Waals surface area contributed by atoms with E-state index in [1.807, 2.05) is 12.1 Å². The number of sulfone groups is 1. The lowest BCUT2D eigenvalue weighted by atomic mass is 9.96. The number of nitrogens with zero attached hydrogens (tertiary/aromatic N) is 2. The van der Waals surface area contributed by atoms with E-state index < -0.39 is 9.84 Å². The number of amides is 1. The van der Waals surface area contributed by atoms with Gasteiger partial charge < -0.3 is 15.0 Å². The van der Waals surface area contributed by atoms with E-state index >= 15 is 0 Å². The first-order valence-electron chi connectivity index (χ1n) is 10.1. The summed E-state index contributed by atoms with van der Waals surface area (Å²) in [5, 5.41) is 3.89. The van der Waals surface area contributed by atoms with Gasteiger partial charge in [-0.05, 0) is 38.0 Å². The zero-order chi connectivity index (χ0) is 21.3. The summed E-state index contributed by atoms with van der Waals surface area (Å²) in [6, 6.07) is 7.04. The van der Waals surface area contributed by atoms with E-state index in [-0.39, 0.29) is 40.6 Å². The number of piperidine rings is 1. The zero-order valence-electron chi connectivity index (χ0n) is 16.7. The van der Waals surface area contributed by atoms with Gasteiger partial charge in [-0.25, -0.2) is 8.42 Å². The van der Waals surface area contributed by atoms with Crippen LogP contribution in [0.4, 0.5) is 5.69 Å². The molecule has 3 aliphatic rings. The standard InChI is InChI=1S/C20H25N3O5S2/c1-2-28-19(25)13-6-8-23(9-7-13)18(24)14-4-3-5-15(10-14)21-20-22-16-11-30(26,27)12-17(16)29-20/h3-5,10,13,16-17H,2,6-9,11-12H2,1H3,(H,21,22)/t16-,17-/m1/s1. The quantitative estimate of drug-likeness (QED) is 0.696. The fourth-order valence-corrected chi connectivity index (χ4v) is 7.71. The predicted molar refractivity (Wildman–Crippen MR) is 117 cm³/mol. The molecule has 1 aromatic rings. The first-order chi connectivity index (χ1) is 14.3. The summed E-state index contributed by atoms with van der Waals surface area (Å²) in [5.74, 6) is -0.108. The fraction of sp³-hybridized carbons (Fsp3) is 0.550. The van der Waals surface area contributed by atoms with Gasteiger partial charge in [0, 0.05) is 29.6 Å². The number of aliphatic imine (C=N–C) groups is 1. The van der Waals surface area contributed by atoms with Gasteiger partial charge in [-0.1, -0.05) is 17.8 Å². The summed E-state index contributed by atoms with van der Waals surface area (Å²) in [7, 11) is -2.98. The summed E-state index contributed by atoms with van der Waals surface area (Å²) in [6.45, 7) is 3.22. The Morgan fingerprint density at radius 2 is 2.03 bits per heavy atom. The first-order valence-corrected chi connectivity index (χ1v) is 12.8. The number of rotatable bonds is 4. The monoisotopic (exact) mass is 451 g/mol. The van der Waals surface area contributed by atoms with Gasteiger partial charge in [0.25, 0.3) is 5.91 Å². The largest absolute Gasteiger partial charge is 0.466 e. The summed E-state index contributed by atoms with van der Waals surface area (Å²) < 4.78 is 28.5. The second-order valence-corrected chi connectivity index (χ2v) is 11.1. The van der Waals surface area contributed by atoms with Crippen LogP contribution in [0, 0.1) is 5.92 Å². The number of amidine groups is 1. The van der Waals surface area contributed by atoms with Gasteiger partial charge >= 0.3 is 5.97 Å². The van der Waals surface area contributed by atoms with Gasteiger partial charge in [-0.2, -0.15) is 0 Å². The Labute approximate surface area is 180 Å². The van der Waals surface area contributed by atoms with Crippen LogP contribution in [0.3, 0.4) is 0 Å². The van der Waals surface area contributed by atoms with Crippen molar-refractivity contribution in [1.29, 1.82) is 0 Å². The van der Waals surface area contributed by atoms with Crippen LogP contribution in [0.5, 0.6) is 0 Å². The van der Waals surface area contributed by atoms with Crippen molar-refractivity contribution in [3.05, 3.63) is 29.8 Å². The highest BCUT2D eigenvalue weighted by atomic mass is 32.2. The van der Waals surface area contributed by atoms with Crippen molar-refractivity contribution in [2.45, 2.75) is 31.1 Å². The van der Waals surface area contributed by atoms with Crippen LogP contribution < -0.4 is 5.32 Å². The van der Waals surface area contributed by atoms with Crippen LogP contribution in [-0.4, -0.2) is 72.9 Å². The Kier molecular flexibility index (Phi) is 6.06. The number of carbonyl (C=O) groups excluding carboxylic acids is 2. The Hall–Kier alpha value is -2.07. The van der Waals surface area contributed by atoms with Gasteiger partial charge in [-0.3, -0.25) is 14.6 Å². The van der Waals surface area contributed by atoms with Gasteiger partial charge in [0.15, 0.2) is 15.0 Å². The van der Waals surface area contributed by atoms with Crippen LogP contribution in [0.2, 0.25) is 0 Å². The number of nitrogens with one attached hydrogen (secondary N) is 1. The second kappa shape index (κ2) is 8.58. The molecule has 1 aromatic carbocycles. The third kappa shape index (κ3) is 4.64. The van der Waals surface area contributed by atoms with Gasteiger partial charge in [0.05, 0.1) is 30.1 Å². The third-order valence-electron chi connectivity index (χ3n) is 5.58. The number of thioether (sulfide) groups is 1. The number of benzene rings is 1. The van der Waals surface area contributed by atoms with E-state index in [0.717, 1.165) is 5.69 Å². The molecule has 30 heavy (non-hydrogen) atoms. The Bertz CT molecular complexity index is 970. The Morgan fingerprint density at radius 1 is 1.27 bits per heavy atom. The molecule has 4 rings (SSSR count). The normalized spacial score (nSPS) is 25.5. The highest BCUT2D eigenvalue weighted by molar-refractivity contribution is 8.15. The van der Waals surface area contributed by atoms with E-state index in [1.165, 1.54) is 11.8 Å². The topological polar surface area (TPSA) is 105 Å². The van der Waals surface area contributed by atoms with E-state index in [9.17, 15) is 18.0 Å². The first kappa shape index (κ1) is 21.2. The molecule has 2 atom stereocenters. The lowest BCUT2D eigenvalue weighted by molar-refractivity contribution is -0.149. The zero-order valence-corrected chi connectivity index (χ0v) is 18.4. The number of esters is 1. The van der Waals surface area contributed by atoms with Crippen molar-refractivity contribution in [2.24, 2.45) is 10.9 Å². The van der Waals surface area contributed by atoms with Gasteiger partial charge in [0.1, 0.15) is 0 Å². The molecule has 1 amide bonds. The lowest BCUT2D eigenvalue weighted by Crippen LogP contribution is -2.40. The summed E-state index contributed by atoms with van der Waals surface area (Å²) in [6.07, 6.45) is 1.23. The predicted octanol–water partition coefficient (Wildman–Crippen LogP) is 1.78. The molecule has 0 radical (unpaired) electrons. The van der Waals surface area contributed by atoms with Crippen molar-refractivity contribution in [3.8, 4) is 0 Å². The molecule has 2 saturated heterocycles. The van der Waals surface area contributed by atoms with Crippen molar-refractivity contribution >= 4 is 44.3 Å². The van der Waals surface area contributed by atoms with E-state index in [2.05, 4.69) is 10.3 Å². The molecule has 162 valence electrons. The Balaban J connectivity index is 1.36. The van der Waals surface area contributed by atoms with Crippen molar-refractivity contribution in [2.75, 3.05) is 36.5 Å². The maximum absolute atomic E-state index is 12.9. The van der Waals surface area contributed by atoms with Gasteiger partial charge in [0.2, 0.25) is 0 Å². The smallest absolute Gasteiger partial charge is 0.309 e. The summed E-state index contributed by atoms with van der Waals surface area (Å²) in [4.78, 5) is 31.0. The van der Waals surface area contributed by atoms with Crippen LogP contribution in [-0.2, 0) is 19.4 Å². The third-order valence-corrected chi connectivity index (χ3v) is 8.72. The van der Waals surface area contributed by atoms with Crippen LogP contribution in [0.1, 0.15) is 30.1 Å². The summed E-state index contributed by atoms with van der Waals surface area (Å²) in [5.41, 5.74) is 1.32. The van der Waals surface area contributed by atoms with Crippen molar-refractivity contribution in [3.63, 3.8) is 0 Å². The number of carbonyl (C=O) groups is 2. The number of ether oxygens (including phenoxy) is 1. The molecule has 2 fully saturated rings. The van der Waals surface area contributed by atoms with Crippen LogP contribution in [0.15, 0.2) is 29.3 Å². The Morgan fingerprint density at radius 3 is 2.73 bits per heavy atom. The molecule has 3 heterocycles. The molecule has 0 unspecified atom stereocenters. The number of likely N-dealkylation sites (tertiary alicyclic amines) is 1. The highest BCUT2D eigenvalue weighted by Gasteiger charge is 2.42. The van der Waals surface area contributed by atoms with Crippen LogP contribution in [0.25, 0.3) is 0 Å². The molecule has 3 aliphatic heterocycles. The van der Waals surface area contributed by atoms with E-state index in [1.54, 1.807) is 24.0 Å². The maximum atomic E-state index is 12.9. The molecule has 0 bridgehead atoms. The van der Waals surface area contributed by atoms with Crippen molar-refractivity contribution in [1.82, 2.24) is 4.90 Å². The van der Waals surface area contributed by atoms with Crippen molar-refractivity contribution < 1.29 is 22.7 Å². The molecule has 1 N–H and O–H groups in total. The molecular weight excluding hydrogens is 426 g/mol. The minimum atomic E-state index is -2.98. The molecule has 0 aliphatic carbocycles. The van der Waals surface area contributed by atoms with Gasteiger partial charge in [-0.15, -0.1) is 0 Å². The SMILES string of the molecule is CCOC(=O)C1CCN(C(=O)c2cccc(NC3=N[C@@H]4CS(=O)(=O)C[C@H]4S3)c2)CC1. The maximum Gasteiger partial charge on any atom is 0.309 e. The molecule has 0 aromatic heterocycles. The number of fused-ring (bicyclic) bond motifs is 1. The number of anilines is 1. The minimum Gasteiger partial charge on any atom is -0.466 e. The molecule has 8 nitrogen and oxygen atoms in total. The average molecular weight is 452 g/mol. The second-order valence-electron chi connectivity index (χ2n) is 7.76. The molecule has 0 saturated carbocycles. The molecule has 0 spiro atoms. The summed E-state index contributed by atoms with van der Waals surface area (Å²) >= 11 is 1.45. The van der Waals surface area contributed by atoms with Crippen LogP contribution >= 0.6 is 11.8 Å². The van der Waals surface area contributed by atoms with E-state index in [0.29, 0.717) is 43.3 Å². The fourth-order valence-electron chi connectivity index (χ4n) is 4.03. The minimum absolute atomic E-state index is 0.0250.